The Morgan fingerprint density at radius 1 is 0.840 bits per heavy atom. The highest BCUT2D eigenvalue weighted by Crippen LogP contribution is 2.47. The molecule has 3 aliphatic rings. The van der Waals surface area contributed by atoms with Crippen LogP contribution < -0.4 is 5.32 Å². The second kappa shape index (κ2) is 12.5. The topological polar surface area (TPSA) is 117 Å². The number of carbonyl (C=O) groups is 1. The quantitative estimate of drug-likeness (QED) is 0.159. The molecule has 3 fully saturated rings. The molecule has 0 radical (unpaired) electrons. The Bertz CT molecular complexity index is 2150. The van der Waals surface area contributed by atoms with Crippen LogP contribution >= 0.6 is 0 Å². The van der Waals surface area contributed by atoms with Crippen LogP contribution in [-0.2, 0) is 10.3 Å². The first kappa shape index (κ1) is 31.3. The fraction of sp³-hybridized carbons (Fsp3) is 0.225. The van der Waals surface area contributed by atoms with Crippen molar-refractivity contribution in [2.75, 3.05) is 5.32 Å². The molecule has 0 aliphatic heterocycles. The van der Waals surface area contributed by atoms with Gasteiger partial charge in [-0.05, 0) is 66.3 Å². The lowest BCUT2D eigenvalue weighted by atomic mass is 9.61. The molecule has 3 heterocycles. The minimum absolute atomic E-state index is 0.00770. The molecule has 3 aromatic carbocycles. The number of nitrogens with one attached hydrogen (secondary N) is 1. The molecule has 0 spiro atoms. The molecule has 0 saturated heterocycles. The van der Waals surface area contributed by atoms with E-state index in [1.165, 1.54) is 6.07 Å². The van der Waals surface area contributed by atoms with Gasteiger partial charge < -0.3 is 10.4 Å². The van der Waals surface area contributed by atoms with Crippen molar-refractivity contribution in [2.24, 2.45) is 17.8 Å². The minimum atomic E-state index is -1.13. The molecule has 2 unspecified atom stereocenters. The van der Waals surface area contributed by atoms with E-state index in [4.69, 9.17) is 5.10 Å². The van der Waals surface area contributed by atoms with Gasteiger partial charge >= 0.3 is 5.97 Å². The highest BCUT2D eigenvalue weighted by molar-refractivity contribution is 5.92. The number of aliphatic carboxylic acids is 1. The van der Waals surface area contributed by atoms with Crippen LogP contribution in [0.2, 0.25) is 0 Å². The highest BCUT2D eigenvalue weighted by atomic mass is 19.1. The van der Waals surface area contributed by atoms with Crippen molar-refractivity contribution >= 4 is 22.8 Å². The van der Waals surface area contributed by atoms with Crippen molar-refractivity contribution < 1.29 is 18.7 Å². The number of carboxylic acid groups (broad SMARTS) is 1. The summed E-state index contributed by atoms with van der Waals surface area (Å²) in [6.07, 6.45) is 4.45. The van der Waals surface area contributed by atoms with Gasteiger partial charge in [0.15, 0.2) is 17.3 Å². The summed E-state index contributed by atoms with van der Waals surface area (Å²) in [5, 5.41) is 29.0. The predicted octanol–water partition coefficient (Wildman–Crippen LogP) is 7.78. The zero-order chi connectivity index (χ0) is 34.4. The number of halogens is 2. The van der Waals surface area contributed by atoms with Crippen molar-refractivity contribution in [2.45, 2.75) is 37.3 Å². The molecule has 6 aromatic rings. The maximum Gasteiger partial charge on any atom is 0.308 e. The van der Waals surface area contributed by atoms with E-state index in [1.807, 2.05) is 91.0 Å². The molecule has 248 valence electrons. The molecule has 0 amide bonds. The lowest BCUT2D eigenvalue weighted by Gasteiger charge is -2.47. The molecule has 2 N–H and O–H groups in total. The van der Waals surface area contributed by atoms with Crippen LogP contribution in [0.25, 0.3) is 22.4 Å². The number of anilines is 1. The maximum atomic E-state index is 15.8. The SMILES string of the molecule is N#Cc1cc(F)c(NC2C3CCC(CC3)C2C(=O)O)nc1-c1nn(C(c2ccccc2)(c2ccccc2)c2ccccc2)c2ncc(F)cc12. The van der Waals surface area contributed by atoms with Gasteiger partial charge in [0.25, 0.3) is 0 Å². The first-order valence-electron chi connectivity index (χ1n) is 16.7. The third kappa shape index (κ3) is 5.00. The summed E-state index contributed by atoms with van der Waals surface area (Å²) in [6, 6.07) is 33.2. The summed E-state index contributed by atoms with van der Waals surface area (Å²) < 4.78 is 32.6. The van der Waals surface area contributed by atoms with E-state index in [9.17, 15) is 15.2 Å². The second-order valence-corrected chi connectivity index (χ2v) is 13.1. The Labute approximate surface area is 287 Å². The summed E-state index contributed by atoms with van der Waals surface area (Å²) in [5.41, 5.74) is 1.80. The van der Waals surface area contributed by atoms with Crippen molar-refractivity contribution in [3.8, 4) is 17.5 Å². The molecule has 8 nitrogen and oxygen atoms in total. The van der Waals surface area contributed by atoms with E-state index in [2.05, 4.69) is 21.4 Å². The van der Waals surface area contributed by atoms with Gasteiger partial charge in [-0.25, -0.2) is 23.4 Å². The Balaban J connectivity index is 1.39. The van der Waals surface area contributed by atoms with Crippen molar-refractivity contribution in [3.05, 3.63) is 143 Å². The minimum Gasteiger partial charge on any atom is -0.481 e. The average molecular weight is 667 g/mol. The molecule has 50 heavy (non-hydrogen) atoms. The van der Waals surface area contributed by atoms with Crippen LogP contribution in [-0.4, -0.2) is 36.9 Å². The standard InChI is InChI=1S/C40H32F2N6O2/c41-30-21-31-36(35-26(22-43)20-32(42)37(46-35)45-34-25-18-16-24(17-19-25)33(34)39(49)50)47-48(38(31)44-23-30)40(27-10-4-1-5-11-27,28-12-6-2-7-13-28)29-14-8-3-9-15-29/h1-15,20-21,23-25,33-34H,16-19H2,(H,45,46)(H,49,50). The largest absolute Gasteiger partial charge is 0.481 e. The smallest absolute Gasteiger partial charge is 0.308 e. The van der Waals surface area contributed by atoms with Crippen molar-refractivity contribution in [1.82, 2.24) is 19.7 Å². The Morgan fingerprint density at radius 2 is 1.40 bits per heavy atom. The second-order valence-electron chi connectivity index (χ2n) is 13.1. The lowest BCUT2D eigenvalue weighted by molar-refractivity contribution is -0.148. The zero-order valence-corrected chi connectivity index (χ0v) is 26.9. The number of fused-ring (bicyclic) bond motifs is 4. The average Bonchev–Trinajstić information content (AvgIpc) is 3.52. The van der Waals surface area contributed by atoms with Gasteiger partial charge in [-0.3, -0.25) is 4.79 Å². The summed E-state index contributed by atoms with van der Waals surface area (Å²) in [6.45, 7) is 0. The van der Waals surface area contributed by atoms with Crippen LogP contribution in [0.1, 0.15) is 47.9 Å². The number of rotatable bonds is 8. The maximum absolute atomic E-state index is 15.8. The van der Waals surface area contributed by atoms with Gasteiger partial charge in [-0.2, -0.15) is 10.4 Å². The first-order chi connectivity index (χ1) is 24.4. The Kier molecular flexibility index (Phi) is 7.83. The van der Waals surface area contributed by atoms with E-state index in [-0.39, 0.29) is 40.0 Å². The summed E-state index contributed by atoms with van der Waals surface area (Å²) in [5.74, 6) is -3.15. The number of pyridine rings is 2. The summed E-state index contributed by atoms with van der Waals surface area (Å²) in [7, 11) is 0. The lowest BCUT2D eigenvalue weighted by Crippen LogP contribution is -2.51. The Morgan fingerprint density at radius 3 is 1.94 bits per heavy atom. The third-order valence-corrected chi connectivity index (χ3v) is 10.5. The number of hydrogen-bond acceptors (Lipinski definition) is 6. The fourth-order valence-electron chi connectivity index (χ4n) is 8.32. The molecule has 3 aliphatic carbocycles. The summed E-state index contributed by atoms with van der Waals surface area (Å²) in [4.78, 5) is 21.6. The highest BCUT2D eigenvalue weighted by Gasteiger charge is 2.48. The van der Waals surface area contributed by atoms with E-state index >= 15 is 8.78 Å². The number of carboxylic acids is 1. The van der Waals surface area contributed by atoms with Crippen molar-refractivity contribution in [1.29, 1.82) is 5.26 Å². The van der Waals surface area contributed by atoms with Crippen LogP contribution in [0.5, 0.6) is 0 Å². The van der Waals surface area contributed by atoms with Crippen LogP contribution in [0.15, 0.2) is 109 Å². The normalized spacial score (nSPS) is 20.0. The van der Waals surface area contributed by atoms with Gasteiger partial charge in [0, 0.05) is 6.04 Å². The molecule has 10 heteroatoms. The predicted molar refractivity (Wildman–Crippen MR) is 184 cm³/mol. The number of aromatic nitrogens is 4. The number of nitrogens with zero attached hydrogens (tertiary/aromatic N) is 5. The van der Waals surface area contributed by atoms with Gasteiger partial charge in [-0.15, -0.1) is 0 Å². The first-order valence-corrected chi connectivity index (χ1v) is 16.7. The monoisotopic (exact) mass is 666 g/mol. The van der Waals surface area contributed by atoms with Gasteiger partial charge in [-0.1, -0.05) is 91.0 Å². The van der Waals surface area contributed by atoms with E-state index in [0.29, 0.717) is 5.65 Å². The van der Waals surface area contributed by atoms with Crippen LogP contribution in [0, 0.1) is 40.7 Å². The molecule has 3 saturated carbocycles. The van der Waals surface area contributed by atoms with E-state index < -0.39 is 35.1 Å². The van der Waals surface area contributed by atoms with Gasteiger partial charge in [0.2, 0.25) is 0 Å². The van der Waals surface area contributed by atoms with Crippen LogP contribution in [0.4, 0.5) is 14.6 Å². The Hall–Kier alpha value is -5.95. The number of nitriles is 1. The van der Waals surface area contributed by atoms with Crippen molar-refractivity contribution in [3.63, 3.8) is 0 Å². The van der Waals surface area contributed by atoms with Gasteiger partial charge in [0.05, 0.1) is 23.1 Å². The molecule has 3 aromatic heterocycles. The molecule has 2 bridgehead atoms. The van der Waals surface area contributed by atoms with Gasteiger partial charge in [0.1, 0.15) is 28.8 Å². The zero-order valence-electron chi connectivity index (χ0n) is 26.9. The van der Waals surface area contributed by atoms with E-state index in [0.717, 1.165) is 54.6 Å². The van der Waals surface area contributed by atoms with Crippen LogP contribution in [0.3, 0.4) is 0 Å². The summed E-state index contributed by atoms with van der Waals surface area (Å²) >= 11 is 0. The fourth-order valence-corrected chi connectivity index (χ4v) is 8.32. The number of hydrogen-bond donors (Lipinski definition) is 2. The molecule has 2 atom stereocenters. The molecular formula is C40H32F2N6O2. The number of benzene rings is 3. The molecule has 9 rings (SSSR count). The third-order valence-electron chi connectivity index (χ3n) is 10.5. The molecular weight excluding hydrogens is 634 g/mol. The van der Waals surface area contributed by atoms with E-state index in [1.54, 1.807) is 4.68 Å².